The quantitative estimate of drug-likeness (QED) is 0.361. The first-order valence-corrected chi connectivity index (χ1v) is 11.2. The Kier molecular flexibility index (Phi) is 4.97. The second-order valence-corrected chi connectivity index (χ2v) is 10.6. The van der Waals surface area contributed by atoms with Gasteiger partial charge in [-0.15, -0.1) is 0 Å². The minimum atomic E-state index is -2.08. The van der Waals surface area contributed by atoms with Crippen LogP contribution in [0, 0.1) is 34.5 Å². The molecule has 6 nitrogen and oxygen atoms in total. The molecule has 0 aromatic rings. The summed E-state index contributed by atoms with van der Waals surface area (Å²) in [5, 5.41) is 33.7. The molecule has 0 aromatic carbocycles. The fourth-order valence-electron chi connectivity index (χ4n) is 6.91. The van der Waals surface area contributed by atoms with Crippen LogP contribution in [0.1, 0.15) is 48.0 Å². The Labute approximate surface area is 183 Å². The minimum Gasteiger partial charge on any atom is -0.451 e. The Morgan fingerprint density at radius 1 is 1.35 bits per heavy atom. The normalized spacial score (nSPS) is 45.6. The van der Waals surface area contributed by atoms with E-state index in [-0.39, 0.29) is 28.6 Å². The molecule has 3 unspecified atom stereocenters. The van der Waals surface area contributed by atoms with E-state index in [1.807, 2.05) is 6.92 Å². The Bertz CT molecular complexity index is 926. The summed E-state index contributed by atoms with van der Waals surface area (Å²) >= 11 is 0. The molecule has 0 heterocycles. The van der Waals surface area contributed by atoms with Crippen LogP contribution in [0.4, 0.5) is 0 Å². The third kappa shape index (κ3) is 2.61. The van der Waals surface area contributed by atoms with Gasteiger partial charge < -0.3 is 20.1 Å². The van der Waals surface area contributed by atoms with Crippen LogP contribution in [0.25, 0.3) is 0 Å². The van der Waals surface area contributed by atoms with E-state index in [0.717, 1.165) is 6.42 Å². The summed E-state index contributed by atoms with van der Waals surface area (Å²) in [5.41, 5.74) is -2.36. The van der Waals surface area contributed by atoms with Crippen LogP contribution in [-0.4, -0.2) is 51.5 Å². The maximum Gasteiger partial charge on any atom is 0.334 e. The van der Waals surface area contributed by atoms with E-state index in [4.69, 9.17) is 4.74 Å². The summed E-state index contributed by atoms with van der Waals surface area (Å²) < 4.78 is 5.72. The fraction of sp³-hybridized carbons (Fsp3) is 0.680. The molecule has 4 aliphatic carbocycles. The first-order valence-electron chi connectivity index (χ1n) is 11.2. The third-order valence-electron chi connectivity index (χ3n) is 8.88. The molecule has 6 heteroatoms. The number of allylic oxidation sites excluding steroid dienone is 2. The molecule has 2 fully saturated rings. The zero-order valence-corrected chi connectivity index (χ0v) is 19.2. The molecule has 2 saturated carbocycles. The number of Topliss-reactive ketones (excluding diaryl/α,β-unsaturated/α-hetero) is 1. The molecular weight excluding hydrogens is 396 g/mol. The molecule has 0 saturated heterocycles. The maximum atomic E-state index is 14.2. The molecule has 31 heavy (non-hydrogen) atoms. The lowest BCUT2D eigenvalue weighted by molar-refractivity contribution is -0.201. The van der Waals surface area contributed by atoms with Gasteiger partial charge in [0.05, 0.1) is 12.0 Å². The minimum absolute atomic E-state index is 0.0209. The molecule has 170 valence electrons. The van der Waals surface area contributed by atoms with Crippen molar-refractivity contribution in [3.8, 4) is 0 Å². The van der Waals surface area contributed by atoms with Crippen molar-refractivity contribution in [2.45, 2.75) is 65.8 Å². The zero-order chi connectivity index (χ0) is 23.1. The number of carbonyl (C=O) groups excluding carboxylic acids is 2. The number of aliphatic hydroxyl groups excluding tert-OH is 2. The molecule has 8 atom stereocenters. The highest BCUT2D eigenvalue weighted by atomic mass is 16.6. The van der Waals surface area contributed by atoms with Crippen LogP contribution >= 0.6 is 0 Å². The lowest BCUT2D eigenvalue weighted by Gasteiger charge is -2.48. The topological polar surface area (TPSA) is 104 Å². The summed E-state index contributed by atoms with van der Waals surface area (Å²) in [4.78, 5) is 26.8. The summed E-state index contributed by atoms with van der Waals surface area (Å²) in [6, 6.07) is 0. The van der Waals surface area contributed by atoms with Crippen LogP contribution in [-0.2, 0) is 14.3 Å². The van der Waals surface area contributed by atoms with E-state index in [2.05, 4.69) is 13.8 Å². The van der Waals surface area contributed by atoms with E-state index < -0.39 is 41.7 Å². The van der Waals surface area contributed by atoms with Gasteiger partial charge in [-0.2, -0.15) is 0 Å². The van der Waals surface area contributed by atoms with Gasteiger partial charge in [-0.25, -0.2) is 4.79 Å². The molecule has 4 rings (SSSR count). The fourth-order valence-corrected chi connectivity index (χ4v) is 6.91. The number of ketones is 1. The summed E-state index contributed by atoms with van der Waals surface area (Å²) in [5.74, 6) is -1.13. The smallest absolute Gasteiger partial charge is 0.334 e. The van der Waals surface area contributed by atoms with Gasteiger partial charge >= 0.3 is 5.97 Å². The Morgan fingerprint density at radius 2 is 2.00 bits per heavy atom. The van der Waals surface area contributed by atoms with Crippen molar-refractivity contribution in [1.29, 1.82) is 0 Å². The average molecular weight is 431 g/mol. The largest absolute Gasteiger partial charge is 0.451 e. The van der Waals surface area contributed by atoms with Gasteiger partial charge in [0.25, 0.3) is 0 Å². The second kappa shape index (κ2) is 6.87. The van der Waals surface area contributed by atoms with Crippen molar-refractivity contribution in [1.82, 2.24) is 0 Å². The predicted octanol–water partition coefficient (Wildman–Crippen LogP) is 2.33. The molecular formula is C25H34O6. The van der Waals surface area contributed by atoms with E-state index in [0.29, 0.717) is 17.1 Å². The van der Waals surface area contributed by atoms with Crippen LogP contribution in [0.2, 0.25) is 0 Å². The molecule has 0 aromatic heterocycles. The standard InChI is InChI=1S/C25H34O6/c1-7-12(2)22(29)31-21-13(3)10-24-14(4)8-17-18(23(17,5)6)16(20(24)28)9-15(11-26)19(27)25(21,24)30/h7,9-10,14,16-19,21,26-27,30H,8,11H2,1-6H3/t14?,16-,17?,18-,19+,21-,24?,25-/m0/s1. The number of fused-ring (bicyclic) bond motifs is 3. The molecule has 0 radical (unpaired) electrons. The van der Waals surface area contributed by atoms with Gasteiger partial charge in [0.15, 0.2) is 17.5 Å². The first-order chi connectivity index (χ1) is 14.4. The molecule has 1 spiro atoms. The highest BCUT2D eigenvalue weighted by molar-refractivity contribution is 5.96. The van der Waals surface area contributed by atoms with Crippen molar-refractivity contribution in [3.63, 3.8) is 0 Å². The Hall–Kier alpha value is -1.76. The van der Waals surface area contributed by atoms with Gasteiger partial charge in [0.1, 0.15) is 6.10 Å². The Morgan fingerprint density at radius 3 is 2.58 bits per heavy atom. The van der Waals surface area contributed by atoms with Gasteiger partial charge in [-0.3, -0.25) is 4.79 Å². The number of carbonyl (C=O) groups is 2. The summed E-state index contributed by atoms with van der Waals surface area (Å²) in [6.07, 6.45) is 3.04. The van der Waals surface area contributed by atoms with E-state index in [9.17, 15) is 24.9 Å². The molecule has 3 N–H and O–H groups in total. The first kappa shape index (κ1) is 22.4. The highest BCUT2D eigenvalue weighted by Crippen LogP contribution is 2.71. The van der Waals surface area contributed by atoms with E-state index >= 15 is 0 Å². The van der Waals surface area contributed by atoms with Crippen molar-refractivity contribution >= 4 is 11.8 Å². The number of hydrogen-bond acceptors (Lipinski definition) is 6. The summed E-state index contributed by atoms with van der Waals surface area (Å²) in [6.45, 7) is 10.8. The molecule has 0 aliphatic heterocycles. The van der Waals surface area contributed by atoms with Gasteiger partial charge in [-0.1, -0.05) is 39.0 Å². The molecule has 2 bridgehead atoms. The second-order valence-electron chi connectivity index (χ2n) is 10.6. The van der Waals surface area contributed by atoms with E-state index in [1.165, 1.54) is 0 Å². The average Bonchev–Trinajstić information content (AvgIpc) is 3.21. The third-order valence-corrected chi connectivity index (χ3v) is 8.88. The van der Waals surface area contributed by atoms with Crippen molar-refractivity contribution < 1.29 is 29.6 Å². The SMILES string of the molecule is CC=C(C)C(=O)O[C@H]1C(C)=CC23C(=O)[C@@H](C=C(CO)[C@@H](O)[C@]12O)[C@H]1C(CC3C)C1(C)C. The lowest BCUT2D eigenvalue weighted by atomic mass is 9.59. The zero-order valence-electron chi connectivity index (χ0n) is 19.2. The van der Waals surface area contributed by atoms with Gasteiger partial charge in [-0.05, 0) is 61.5 Å². The van der Waals surface area contributed by atoms with Crippen LogP contribution < -0.4 is 0 Å². The van der Waals surface area contributed by atoms with Crippen LogP contribution in [0.15, 0.2) is 34.9 Å². The Balaban J connectivity index is 1.91. The predicted molar refractivity (Wildman–Crippen MR) is 115 cm³/mol. The highest BCUT2D eigenvalue weighted by Gasteiger charge is 2.76. The van der Waals surface area contributed by atoms with Crippen molar-refractivity contribution in [2.24, 2.45) is 34.5 Å². The number of esters is 1. The number of ether oxygens (including phenoxy) is 1. The lowest BCUT2D eigenvalue weighted by Crippen LogP contribution is -2.65. The van der Waals surface area contributed by atoms with E-state index in [1.54, 1.807) is 39.0 Å². The molecule has 0 amide bonds. The molecule has 4 aliphatic rings. The van der Waals surface area contributed by atoms with Crippen molar-refractivity contribution in [3.05, 3.63) is 34.9 Å². The van der Waals surface area contributed by atoms with Crippen LogP contribution in [0.5, 0.6) is 0 Å². The maximum absolute atomic E-state index is 14.2. The van der Waals surface area contributed by atoms with Gasteiger partial charge in [0.2, 0.25) is 0 Å². The van der Waals surface area contributed by atoms with Crippen molar-refractivity contribution in [2.75, 3.05) is 6.61 Å². The number of rotatable bonds is 3. The summed E-state index contributed by atoms with van der Waals surface area (Å²) in [7, 11) is 0. The van der Waals surface area contributed by atoms with Gasteiger partial charge in [0, 0.05) is 11.5 Å². The van der Waals surface area contributed by atoms with Crippen LogP contribution in [0.3, 0.4) is 0 Å². The monoisotopic (exact) mass is 430 g/mol. The number of aliphatic hydroxyl groups is 3. The number of hydrogen-bond donors (Lipinski definition) is 3.